The van der Waals surface area contributed by atoms with E-state index < -0.39 is 0 Å². The summed E-state index contributed by atoms with van der Waals surface area (Å²) in [6, 6.07) is 5.17. The van der Waals surface area contributed by atoms with Gasteiger partial charge in [0.15, 0.2) is 0 Å². The molecule has 2 saturated heterocycles. The molecule has 1 aromatic carbocycles. The van der Waals surface area contributed by atoms with Crippen molar-refractivity contribution in [3.8, 4) is 0 Å². The van der Waals surface area contributed by atoms with Gasteiger partial charge in [0, 0.05) is 49.4 Å². The number of hydrogen-bond acceptors (Lipinski definition) is 6. The lowest BCUT2D eigenvalue weighted by atomic mass is 9.99. The molecule has 6 nitrogen and oxygen atoms in total. The van der Waals surface area contributed by atoms with Gasteiger partial charge in [-0.25, -0.2) is 14.4 Å². The van der Waals surface area contributed by atoms with Gasteiger partial charge in [0.25, 0.3) is 0 Å². The maximum atomic E-state index is 13.4. The number of halogens is 1. The molecule has 2 aromatic rings. The van der Waals surface area contributed by atoms with Crippen molar-refractivity contribution in [1.82, 2.24) is 20.6 Å². The van der Waals surface area contributed by atoms with Gasteiger partial charge in [0.1, 0.15) is 5.82 Å². The minimum Gasteiger partial charge on any atom is -0.390 e. The van der Waals surface area contributed by atoms with E-state index in [0.29, 0.717) is 24.1 Å². The van der Waals surface area contributed by atoms with Crippen LogP contribution in [0.4, 0.5) is 10.3 Å². The summed E-state index contributed by atoms with van der Waals surface area (Å²) in [4.78, 5) is 11.1. The number of piperidine rings is 2. The average molecular weight is 345 g/mol. The van der Waals surface area contributed by atoms with E-state index in [1.165, 1.54) is 12.1 Å². The summed E-state index contributed by atoms with van der Waals surface area (Å²) in [7, 11) is 0. The zero-order chi connectivity index (χ0) is 17.2. The molecule has 0 aliphatic carbocycles. The van der Waals surface area contributed by atoms with Crippen LogP contribution in [0.5, 0.6) is 0 Å². The van der Waals surface area contributed by atoms with E-state index in [0.717, 1.165) is 44.3 Å². The van der Waals surface area contributed by atoms with Crippen molar-refractivity contribution in [3.05, 3.63) is 30.2 Å². The van der Waals surface area contributed by atoms with Gasteiger partial charge in [-0.2, -0.15) is 0 Å². The molecule has 7 heteroatoms. The van der Waals surface area contributed by atoms with Gasteiger partial charge in [0.05, 0.1) is 11.6 Å². The molecular formula is C18H24FN5O. The van der Waals surface area contributed by atoms with Crippen LogP contribution in [0.2, 0.25) is 0 Å². The van der Waals surface area contributed by atoms with Crippen molar-refractivity contribution in [2.75, 3.05) is 31.1 Å². The van der Waals surface area contributed by atoms with E-state index in [1.54, 1.807) is 12.3 Å². The number of anilines is 1. The maximum Gasteiger partial charge on any atom is 0.225 e. The quantitative estimate of drug-likeness (QED) is 0.772. The van der Waals surface area contributed by atoms with Crippen LogP contribution in [0.15, 0.2) is 24.4 Å². The minimum absolute atomic E-state index is 0.178. The van der Waals surface area contributed by atoms with Crippen LogP contribution in [-0.2, 0) is 0 Å². The van der Waals surface area contributed by atoms with Gasteiger partial charge in [-0.3, -0.25) is 0 Å². The van der Waals surface area contributed by atoms with E-state index in [9.17, 15) is 9.50 Å². The molecule has 1 aromatic heterocycles. The van der Waals surface area contributed by atoms with Gasteiger partial charge in [-0.15, -0.1) is 0 Å². The largest absolute Gasteiger partial charge is 0.390 e. The summed E-state index contributed by atoms with van der Waals surface area (Å²) in [5.41, 5.74) is 0.642. The second-order valence-corrected chi connectivity index (χ2v) is 6.97. The third-order valence-corrected chi connectivity index (χ3v) is 5.21. The number of aliphatic hydroxyl groups is 1. The standard InChI is InChI=1S/C18H24FN5O/c19-13-2-1-12-10-21-18(23-16(12)9-13)24-7-4-14(5-8-24)22-15-3-6-20-11-17(15)25/h1-2,9-10,14-15,17,20,22,25H,3-8,11H2/t15-,17-/m1/s1. The normalized spacial score (nSPS) is 25.4. The highest BCUT2D eigenvalue weighted by Crippen LogP contribution is 2.20. The Morgan fingerprint density at radius 3 is 2.88 bits per heavy atom. The van der Waals surface area contributed by atoms with Gasteiger partial charge in [-0.1, -0.05) is 0 Å². The zero-order valence-electron chi connectivity index (χ0n) is 14.2. The summed E-state index contributed by atoms with van der Waals surface area (Å²) >= 11 is 0. The third kappa shape index (κ3) is 3.73. The second-order valence-electron chi connectivity index (χ2n) is 6.97. The molecule has 0 spiro atoms. The minimum atomic E-state index is -0.314. The van der Waals surface area contributed by atoms with Crippen molar-refractivity contribution < 1.29 is 9.50 Å². The van der Waals surface area contributed by atoms with E-state index in [4.69, 9.17) is 0 Å². The summed E-state index contributed by atoms with van der Waals surface area (Å²) in [5.74, 6) is 0.388. The molecule has 2 atom stereocenters. The van der Waals surface area contributed by atoms with Gasteiger partial charge in [0.2, 0.25) is 5.95 Å². The lowest BCUT2D eigenvalue weighted by Crippen LogP contribution is -2.55. The summed E-state index contributed by atoms with van der Waals surface area (Å²) in [6.07, 6.45) is 4.38. The van der Waals surface area contributed by atoms with Gasteiger partial charge in [-0.05, 0) is 37.9 Å². The van der Waals surface area contributed by atoms with E-state index in [-0.39, 0.29) is 18.0 Å². The topological polar surface area (TPSA) is 73.3 Å². The Balaban J connectivity index is 1.38. The molecule has 0 radical (unpaired) electrons. The zero-order valence-corrected chi connectivity index (χ0v) is 14.2. The molecule has 3 heterocycles. The lowest BCUT2D eigenvalue weighted by Gasteiger charge is -2.37. The average Bonchev–Trinajstić information content (AvgIpc) is 2.64. The molecule has 3 N–H and O–H groups in total. The van der Waals surface area contributed by atoms with Crippen LogP contribution in [0.3, 0.4) is 0 Å². The Kier molecular flexibility index (Phi) is 4.78. The summed E-state index contributed by atoms with van der Waals surface area (Å²) in [5, 5.41) is 17.7. The first kappa shape index (κ1) is 16.6. The highest BCUT2D eigenvalue weighted by Gasteiger charge is 2.27. The fraction of sp³-hybridized carbons (Fsp3) is 0.556. The first-order chi connectivity index (χ1) is 12.2. The number of aromatic nitrogens is 2. The number of nitrogens with one attached hydrogen (secondary N) is 2. The van der Waals surface area contributed by atoms with Crippen molar-refractivity contribution >= 4 is 16.9 Å². The Morgan fingerprint density at radius 2 is 2.08 bits per heavy atom. The summed E-state index contributed by atoms with van der Waals surface area (Å²) in [6.45, 7) is 3.34. The molecule has 25 heavy (non-hydrogen) atoms. The smallest absolute Gasteiger partial charge is 0.225 e. The van der Waals surface area contributed by atoms with E-state index in [1.807, 2.05) is 0 Å². The van der Waals surface area contributed by atoms with Crippen molar-refractivity contribution in [2.45, 2.75) is 37.5 Å². The van der Waals surface area contributed by atoms with Gasteiger partial charge < -0.3 is 20.6 Å². The van der Waals surface area contributed by atoms with Crippen LogP contribution in [0, 0.1) is 5.82 Å². The van der Waals surface area contributed by atoms with Crippen LogP contribution in [0.25, 0.3) is 10.9 Å². The lowest BCUT2D eigenvalue weighted by molar-refractivity contribution is 0.0940. The molecule has 2 fully saturated rings. The monoisotopic (exact) mass is 345 g/mol. The molecule has 0 amide bonds. The Labute approximate surface area is 146 Å². The Hall–Kier alpha value is -1.83. The van der Waals surface area contributed by atoms with E-state index >= 15 is 0 Å². The fourth-order valence-corrected chi connectivity index (χ4v) is 3.72. The van der Waals surface area contributed by atoms with E-state index in [2.05, 4.69) is 25.5 Å². The molecular weight excluding hydrogens is 321 g/mol. The fourth-order valence-electron chi connectivity index (χ4n) is 3.72. The SMILES string of the molecule is O[C@@H]1CNCC[C@H]1NC1CCN(c2ncc3ccc(F)cc3n2)CC1. The third-order valence-electron chi connectivity index (χ3n) is 5.21. The highest BCUT2D eigenvalue weighted by atomic mass is 19.1. The number of hydrogen-bond donors (Lipinski definition) is 3. The predicted octanol–water partition coefficient (Wildman–Crippen LogP) is 1.05. The molecule has 0 unspecified atom stereocenters. The second kappa shape index (κ2) is 7.19. The first-order valence-corrected chi connectivity index (χ1v) is 9.01. The van der Waals surface area contributed by atoms with Gasteiger partial charge >= 0.3 is 0 Å². The highest BCUT2D eigenvalue weighted by molar-refractivity contribution is 5.78. The molecule has 2 aliphatic heterocycles. The molecule has 0 bridgehead atoms. The number of aliphatic hydroxyl groups excluding tert-OH is 1. The maximum absolute atomic E-state index is 13.4. The van der Waals surface area contributed by atoms with Crippen molar-refractivity contribution in [1.29, 1.82) is 0 Å². The molecule has 4 rings (SSSR count). The summed E-state index contributed by atoms with van der Waals surface area (Å²) < 4.78 is 13.4. The molecule has 134 valence electrons. The number of β-amino-alcohol motifs (C(OH)–C–C–N with tert-alkyl or cyclic N) is 1. The molecule has 0 saturated carbocycles. The number of nitrogens with zero attached hydrogens (tertiary/aromatic N) is 3. The molecule has 2 aliphatic rings. The first-order valence-electron chi connectivity index (χ1n) is 9.01. The number of rotatable bonds is 3. The van der Waals surface area contributed by atoms with Crippen LogP contribution in [-0.4, -0.2) is 59.4 Å². The Bertz CT molecular complexity index is 734. The number of fused-ring (bicyclic) bond motifs is 1. The van der Waals surface area contributed by atoms with Crippen LogP contribution in [0.1, 0.15) is 19.3 Å². The Morgan fingerprint density at radius 1 is 1.24 bits per heavy atom. The van der Waals surface area contributed by atoms with Crippen LogP contribution >= 0.6 is 0 Å². The van der Waals surface area contributed by atoms with Crippen LogP contribution < -0.4 is 15.5 Å². The predicted molar refractivity (Wildman–Crippen MR) is 95.1 cm³/mol. The number of benzene rings is 1. The van der Waals surface area contributed by atoms with Crippen molar-refractivity contribution in [2.24, 2.45) is 0 Å². The van der Waals surface area contributed by atoms with Crippen molar-refractivity contribution in [3.63, 3.8) is 0 Å².